The van der Waals surface area contributed by atoms with E-state index >= 15 is 0 Å². The molecule has 3 aliphatic carbocycles. The van der Waals surface area contributed by atoms with Crippen LogP contribution in [0.4, 0.5) is 0 Å². The highest BCUT2D eigenvalue weighted by Crippen LogP contribution is 2.55. The maximum Gasteiger partial charge on any atom is 0.202 e. The van der Waals surface area contributed by atoms with Gasteiger partial charge in [-0.25, -0.2) is 0 Å². The SMILES string of the molecule is Cc1ccc(-n2c(O)c3c(c2O)[C@@H]2CC[C@H]3CC2=O)cc1Cl. The fourth-order valence-corrected chi connectivity index (χ4v) is 4.04. The molecule has 0 aliphatic heterocycles. The van der Waals surface area contributed by atoms with Gasteiger partial charge in [-0.1, -0.05) is 17.7 Å². The Kier molecular flexibility index (Phi) is 2.82. The van der Waals surface area contributed by atoms with Crippen molar-refractivity contribution < 1.29 is 15.0 Å². The predicted molar refractivity (Wildman–Crippen MR) is 83.2 cm³/mol. The number of halogens is 1. The van der Waals surface area contributed by atoms with Crippen molar-refractivity contribution in [1.29, 1.82) is 0 Å². The van der Waals surface area contributed by atoms with E-state index in [2.05, 4.69) is 0 Å². The molecule has 1 saturated carbocycles. The highest BCUT2D eigenvalue weighted by Gasteiger charge is 2.45. The monoisotopic (exact) mass is 317 g/mol. The summed E-state index contributed by atoms with van der Waals surface area (Å²) in [6, 6.07) is 5.36. The van der Waals surface area contributed by atoms with E-state index in [-0.39, 0.29) is 29.4 Å². The van der Waals surface area contributed by atoms with E-state index in [1.807, 2.05) is 13.0 Å². The molecule has 2 aromatic rings. The number of carbonyl (C=O) groups excluding carboxylic acids is 1. The van der Waals surface area contributed by atoms with Crippen molar-refractivity contribution in [3.05, 3.63) is 39.9 Å². The number of rotatable bonds is 1. The molecule has 0 saturated heterocycles. The number of aryl methyl sites for hydroxylation is 1. The third kappa shape index (κ3) is 1.67. The molecule has 0 unspecified atom stereocenters. The normalized spacial score (nSPS) is 22.9. The first-order chi connectivity index (χ1) is 10.5. The molecule has 1 fully saturated rings. The molecular weight excluding hydrogens is 302 g/mol. The van der Waals surface area contributed by atoms with Crippen molar-refractivity contribution in [1.82, 2.24) is 4.57 Å². The topological polar surface area (TPSA) is 62.5 Å². The van der Waals surface area contributed by atoms with E-state index in [9.17, 15) is 15.0 Å². The Morgan fingerprint density at radius 3 is 2.59 bits per heavy atom. The van der Waals surface area contributed by atoms with Crippen LogP contribution in [-0.4, -0.2) is 20.6 Å². The summed E-state index contributed by atoms with van der Waals surface area (Å²) < 4.78 is 1.40. The molecule has 1 aromatic heterocycles. The van der Waals surface area contributed by atoms with Crippen molar-refractivity contribution >= 4 is 17.4 Å². The zero-order chi connectivity index (χ0) is 15.6. The van der Waals surface area contributed by atoms with E-state index in [0.29, 0.717) is 22.7 Å². The van der Waals surface area contributed by atoms with Gasteiger partial charge in [-0.15, -0.1) is 0 Å². The average Bonchev–Trinajstić information content (AvgIpc) is 2.76. The van der Waals surface area contributed by atoms with Gasteiger partial charge in [-0.2, -0.15) is 0 Å². The quantitative estimate of drug-likeness (QED) is 0.841. The van der Waals surface area contributed by atoms with Crippen LogP contribution in [0.25, 0.3) is 5.69 Å². The minimum absolute atomic E-state index is 0.0144. The van der Waals surface area contributed by atoms with Gasteiger partial charge in [0.15, 0.2) is 0 Å². The van der Waals surface area contributed by atoms with E-state index in [0.717, 1.165) is 24.0 Å². The van der Waals surface area contributed by atoms with E-state index in [4.69, 9.17) is 11.6 Å². The van der Waals surface area contributed by atoms with Crippen LogP contribution in [0, 0.1) is 6.92 Å². The summed E-state index contributed by atoms with van der Waals surface area (Å²) in [7, 11) is 0. The number of benzene rings is 1. The lowest BCUT2D eigenvalue weighted by molar-refractivity contribution is -0.123. The number of fused-ring (bicyclic) bond motifs is 2. The maximum atomic E-state index is 12.1. The standard InChI is InChI=1S/C17H16ClNO3/c1-8-2-4-10(7-12(8)18)19-16(21)14-9-3-5-11(13(20)6-9)15(14)17(19)22/h2,4,7,9,11,21-22H,3,5-6H2,1H3/t9-,11+/m0/s1. The third-order valence-corrected chi connectivity index (χ3v) is 5.41. The Labute approximate surface area is 133 Å². The maximum absolute atomic E-state index is 12.1. The number of aromatic hydroxyl groups is 2. The highest BCUT2D eigenvalue weighted by atomic mass is 35.5. The van der Waals surface area contributed by atoms with Gasteiger partial charge in [0.05, 0.1) is 5.69 Å². The summed E-state index contributed by atoms with van der Waals surface area (Å²) in [5.74, 6) is -0.100. The van der Waals surface area contributed by atoms with Crippen LogP contribution in [-0.2, 0) is 4.79 Å². The second-order valence-electron chi connectivity index (χ2n) is 6.24. The molecule has 2 atom stereocenters. The first kappa shape index (κ1) is 13.7. The lowest BCUT2D eigenvalue weighted by atomic mass is 9.67. The first-order valence-electron chi connectivity index (χ1n) is 7.44. The number of Topliss-reactive ketones (excluding diaryl/α,β-unsaturated/α-hetero) is 1. The molecule has 0 amide bonds. The van der Waals surface area contributed by atoms with Crippen LogP contribution in [0.5, 0.6) is 11.8 Å². The fraction of sp³-hybridized carbons (Fsp3) is 0.353. The number of hydrogen-bond donors (Lipinski definition) is 2. The zero-order valence-corrected chi connectivity index (χ0v) is 12.9. The van der Waals surface area contributed by atoms with E-state index in [1.165, 1.54) is 4.57 Å². The Morgan fingerprint density at radius 2 is 1.91 bits per heavy atom. The summed E-state index contributed by atoms with van der Waals surface area (Å²) in [4.78, 5) is 12.1. The summed E-state index contributed by atoms with van der Waals surface area (Å²) >= 11 is 6.16. The molecule has 0 spiro atoms. The number of hydrogen-bond acceptors (Lipinski definition) is 3. The molecule has 1 heterocycles. The van der Waals surface area contributed by atoms with Crippen LogP contribution >= 0.6 is 11.6 Å². The molecule has 114 valence electrons. The van der Waals surface area contributed by atoms with Crippen molar-refractivity contribution in [2.75, 3.05) is 0 Å². The minimum atomic E-state index is -0.284. The van der Waals surface area contributed by atoms with Crippen LogP contribution < -0.4 is 0 Å². The summed E-state index contributed by atoms with van der Waals surface area (Å²) in [6.45, 7) is 1.89. The smallest absolute Gasteiger partial charge is 0.202 e. The van der Waals surface area contributed by atoms with Crippen molar-refractivity contribution in [3.63, 3.8) is 0 Å². The van der Waals surface area contributed by atoms with Crippen molar-refractivity contribution in [2.45, 2.75) is 38.0 Å². The number of nitrogens with zero attached hydrogens (tertiary/aromatic N) is 1. The lowest BCUT2D eigenvalue weighted by Gasteiger charge is -2.34. The molecule has 3 aliphatic rings. The molecule has 4 nitrogen and oxygen atoms in total. The molecule has 1 aromatic carbocycles. The van der Waals surface area contributed by atoms with E-state index < -0.39 is 0 Å². The molecule has 2 bridgehead atoms. The second kappa shape index (κ2) is 4.53. The highest BCUT2D eigenvalue weighted by molar-refractivity contribution is 6.31. The van der Waals surface area contributed by atoms with Crippen LogP contribution in [0.1, 0.15) is 47.8 Å². The van der Waals surface area contributed by atoms with Gasteiger partial charge < -0.3 is 10.2 Å². The van der Waals surface area contributed by atoms with E-state index in [1.54, 1.807) is 12.1 Å². The van der Waals surface area contributed by atoms with Gasteiger partial charge in [-0.05, 0) is 43.4 Å². The van der Waals surface area contributed by atoms with Gasteiger partial charge >= 0.3 is 0 Å². The fourth-order valence-electron chi connectivity index (χ4n) is 3.86. The van der Waals surface area contributed by atoms with Gasteiger partial charge in [0.25, 0.3) is 0 Å². The summed E-state index contributed by atoms with van der Waals surface area (Å²) in [6.07, 6.45) is 2.10. The molecule has 5 rings (SSSR count). The number of carbonyl (C=O) groups is 1. The van der Waals surface area contributed by atoms with Gasteiger partial charge in [-0.3, -0.25) is 9.36 Å². The third-order valence-electron chi connectivity index (χ3n) is 5.01. The Balaban J connectivity index is 1.96. The summed E-state index contributed by atoms with van der Waals surface area (Å²) in [5.41, 5.74) is 2.88. The second-order valence-corrected chi connectivity index (χ2v) is 6.65. The Bertz CT molecular complexity index is 809. The van der Waals surface area contributed by atoms with Crippen molar-refractivity contribution in [2.24, 2.45) is 0 Å². The molecule has 0 radical (unpaired) electrons. The zero-order valence-electron chi connectivity index (χ0n) is 12.1. The van der Waals surface area contributed by atoms with Gasteiger partial charge in [0, 0.05) is 28.5 Å². The predicted octanol–water partition coefficient (Wildman–Crippen LogP) is 3.78. The largest absolute Gasteiger partial charge is 0.494 e. The molecule has 5 heteroatoms. The van der Waals surface area contributed by atoms with Crippen LogP contribution in [0.15, 0.2) is 18.2 Å². The first-order valence-corrected chi connectivity index (χ1v) is 7.82. The number of ketones is 1. The molecular formula is C17H16ClNO3. The molecule has 2 N–H and O–H groups in total. The van der Waals surface area contributed by atoms with Gasteiger partial charge in [0.1, 0.15) is 5.78 Å². The number of aromatic nitrogens is 1. The lowest BCUT2D eigenvalue weighted by Crippen LogP contribution is -2.28. The van der Waals surface area contributed by atoms with Crippen molar-refractivity contribution in [3.8, 4) is 17.4 Å². The average molecular weight is 318 g/mol. The van der Waals surface area contributed by atoms with Crippen LogP contribution in [0.3, 0.4) is 0 Å². The Hall–Kier alpha value is -1.94. The Morgan fingerprint density at radius 1 is 1.18 bits per heavy atom. The molecule has 22 heavy (non-hydrogen) atoms. The minimum Gasteiger partial charge on any atom is -0.494 e. The van der Waals surface area contributed by atoms with Gasteiger partial charge in [0.2, 0.25) is 11.8 Å². The summed E-state index contributed by atoms with van der Waals surface area (Å²) in [5, 5.41) is 21.8. The van der Waals surface area contributed by atoms with Crippen LogP contribution in [0.2, 0.25) is 5.02 Å².